The van der Waals surface area contributed by atoms with E-state index in [1.54, 1.807) is 6.20 Å². The summed E-state index contributed by atoms with van der Waals surface area (Å²) in [6.45, 7) is 1.90. The first-order valence-corrected chi connectivity index (χ1v) is 8.86. The van der Waals surface area contributed by atoms with Gasteiger partial charge in [0.05, 0.1) is 5.69 Å². The molecule has 29 heavy (non-hydrogen) atoms. The van der Waals surface area contributed by atoms with Crippen molar-refractivity contribution in [2.24, 2.45) is 0 Å². The Morgan fingerprint density at radius 1 is 0.966 bits per heavy atom. The van der Waals surface area contributed by atoms with Crippen LogP contribution in [0.15, 0.2) is 72.4 Å². The third-order valence-electron chi connectivity index (χ3n) is 4.57. The van der Waals surface area contributed by atoms with E-state index in [0.717, 1.165) is 17.4 Å². The standard InChI is InChI=1S/C22H16FN3O3/c1-14-11-15(13-25(14)16-7-3-2-4-8-16)12-17-20(27)24-22(29)26(21(17)28)19-10-6-5-9-18(19)23/h2-13H,1H3,(H,24,27,29)/b17-12-. The van der Waals surface area contributed by atoms with Crippen molar-refractivity contribution in [2.45, 2.75) is 6.92 Å². The normalized spacial score (nSPS) is 15.7. The Hall–Kier alpha value is -4.00. The minimum absolute atomic E-state index is 0.216. The molecule has 1 aromatic heterocycles. The summed E-state index contributed by atoms with van der Waals surface area (Å²) in [6.07, 6.45) is 3.17. The second-order valence-corrected chi connectivity index (χ2v) is 6.53. The van der Waals surface area contributed by atoms with Crippen molar-refractivity contribution in [1.82, 2.24) is 9.88 Å². The van der Waals surface area contributed by atoms with Gasteiger partial charge in [-0.2, -0.15) is 0 Å². The van der Waals surface area contributed by atoms with Crippen molar-refractivity contribution in [3.05, 3.63) is 89.5 Å². The first-order chi connectivity index (χ1) is 14.0. The Labute approximate surface area is 165 Å². The fourth-order valence-corrected chi connectivity index (χ4v) is 3.22. The molecule has 1 aliphatic rings. The van der Waals surface area contributed by atoms with Crippen LogP contribution in [0.3, 0.4) is 0 Å². The lowest BCUT2D eigenvalue weighted by Gasteiger charge is -2.26. The van der Waals surface area contributed by atoms with Gasteiger partial charge in [0.15, 0.2) is 0 Å². The Morgan fingerprint density at radius 3 is 2.38 bits per heavy atom. The summed E-state index contributed by atoms with van der Waals surface area (Å²) in [4.78, 5) is 38.0. The third-order valence-corrected chi connectivity index (χ3v) is 4.57. The van der Waals surface area contributed by atoms with Crippen LogP contribution in [-0.2, 0) is 9.59 Å². The molecule has 0 spiro atoms. The largest absolute Gasteiger partial charge is 0.336 e. The molecule has 7 heteroatoms. The number of aromatic nitrogens is 1. The van der Waals surface area contributed by atoms with Gasteiger partial charge in [0.2, 0.25) is 0 Å². The molecule has 6 nitrogen and oxygen atoms in total. The van der Waals surface area contributed by atoms with Crippen LogP contribution in [0.1, 0.15) is 11.3 Å². The fourth-order valence-electron chi connectivity index (χ4n) is 3.22. The number of imide groups is 2. The van der Waals surface area contributed by atoms with E-state index < -0.39 is 23.7 Å². The molecule has 1 aliphatic heterocycles. The smallest absolute Gasteiger partial charge is 0.321 e. The highest BCUT2D eigenvalue weighted by atomic mass is 19.1. The van der Waals surface area contributed by atoms with Gasteiger partial charge in [0, 0.05) is 17.6 Å². The van der Waals surface area contributed by atoms with Gasteiger partial charge < -0.3 is 4.57 Å². The summed E-state index contributed by atoms with van der Waals surface area (Å²) in [7, 11) is 0. The van der Waals surface area contributed by atoms with Crippen LogP contribution in [0.2, 0.25) is 0 Å². The van der Waals surface area contributed by atoms with Gasteiger partial charge in [0.1, 0.15) is 11.4 Å². The van der Waals surface area contributed by atoms with Gasteiger partial charge in [-0.1, -0.05) is 30.3 Å². The number of nitrogens with zero attached hydrogens (tertiary/aromatic N) is 2. The molecule has 4 amide bonds. The molecule has 0 atom stereocenters. The molecule has 144 valence electrons. The van der Waals surface area contributed by atoms with Gasteiger partial charge >= 0.3 is 6.03 Å². The van der Waals surface area contributed by atoms with E-state index in [4.69, 9.17) is 0 Å². The Balaban J connectivity index is 1.73. The van der Waals surface area contributed by atoms with Crippen molar-refractivity contribution < 1.29 is 18.8 Å². The monoisotopic (exact) mass is 389 g/mol. The average molecular weight is 389 g/mol. The zero-order valence-electron chi connectivity index (χ0n) is 15.4. The molecule has 0 saturated carbocycles. The number of aryl methyl sites for hydroxylation is 1. The maximum Gasteiger partial charge on any atom is 0.336 e. The Morgan fingerprint density at radius 2 is 1.66 bits per heavy atom. The summed E-state index contributed by atoms with van der Waals surface area (Å²) in [5.74, 6) is -2.44. The summed E-state index contributed by atoms with van der Waals surface area (Å²) in [5, 5.41) is 2.09. The number of urea groups is 1. The topological polar surface area (TPSA) is 71.4 Å². The fraction of sp³-hybridized carbons (Fsp3) is 0.0455. The lowest BCUT2D eigenvalue weighted by Crippen LogP contribution is -2.54. The van der Waals surface area contributed by atoms with Crippen LogP contribution in [0.25, 0.3) is 11.8 Å². The maximum absolute atomic E-state index is 14.1. The quantitative estimate of drug-likeness (QED) is 0.550. The SMILES string of the molecule is Cc1cc(/C=C2/C(=O)NC(=O)N(c3ccccc3F)C2=O)cn1-c1ccccc1. The van der Waals surface area contributed by atoms with E-state index in [1.807, 2.05) is 47.9 Å². The molecule has 1 fully saturated rings. The van der Waals surface area contributed by atoms with Gasteiger partial charge in [0.25, 0.3) is 11.8 Å². The molecule has 0 aliphatic carbocycles. The van der Waals surface area contributed by atoms with E-state index in [2.05, 4.69) is 5.32 Å². The van der Waals surface area contributed by atoms with Crippen LogP contribution in [0.4, 0.5) is 14.9 Å². The predicted molar refractivity (Wildman–Crippen MR) is 106 cm³/mol. The van der Waals surface area contributed by atoms with E-state index in [1.165, 1.54) is 24.3 Å². The van der Waals surface area contributed by atoms with Gasteiger partial charge in [-0.3, -0.25) is 14.9 Å². The second kappa shape index (κ2) is 7.20. The van der Waals surface area contributed by atoms with Gasteiger partial charge in [-0.15, -0.1) is 0 Å². The summed E-state index contributed by atoms with van der Waals surface area (Å²) in [5.41, 5.74) is 1.96. The number of carbonyl (C=O) groups excluding carboxylic acids is 3. The number of hydrogen-bond donors (Lipinski definition) is 1. The highest BCUT2D eigenvalue weighted by Gasteiger charge is 2.38. The van der Waals surface area contributed by atoms with Gasteiger partial charge in [-0.25, -0.2) is 14.1 Å². The summed E-state index contributed by atoms with van der Waals surface area (Å²) < 4.78 is 16.0. The predicted octanol–water partition coefficient (Wildman–Crippen LogP) is 3.59. The first kappa shape index (κ1) is 18.4. The number of halogens is 1. The first-order valence-electron chi connectivity index (χ1n) is 8.86. The number of benzene rings is 2. The number of barbiturate groups is 1. The molecule has 2 aromatic carbocycles. The van der Waals surface area contributed by atoms with Crippen molar-refractivity contribution in [1.29, 1.82) is 0 Å². The Bertz CT molecular complexity index is 1170. The Kier molecular flexibility index (Phi) is 4.56. The van der Waals surface area contributed by atoms with Gasteiger partial charge in [-0.05, 0) is 48.9 Å². The molecular weight excluding hydrogens is 373 g/mol. The number of anilines is 1. The summed E-state index contributed by atoms with van der Waals surface area (Å²) in [6, 6.07) is 15.8. The van der Waals surface area contributed by atoms with Crippen molar-refractivity contribution in [2.75, 3.05) is 4.90 Å². The molecule has 1 saturated heterocycles. The van der Waals surface area contributed by atoms with Crippen LogP contribution >= 0.6 is 0 Å². The van der Waals surface area contributed by atoms with E-state index in [9.17, 15) is 18.8 Å². The lowest BCUT2D eigenvalue weighted by molar-refractivity contribution is -0.122. The van der Waals surface area contributed by atoms with Crippen LogP contribution in [-0.4, -0.2) is 22.4 Å². The molecule has 4 rings (SSSR count). The van der Waals surface area contributed by atoms with Crippen LogP contribution in [0, 0.1) is 12.7 Å². The number of carbonyl (C=O) groups is 3. The number of rotatable bonds is 3. The van der Waals surface area contributed by atoms with E-state index in [0.29, 0.717) is 10.5 Å². The number of para-hydroxylation sites is 2. The zero-order chi connectivity index (χ0) is 20.5. The number of nitrogens with one attached hydrogen (secondary N) is 1. The minimum Gasteiger partial charge on any atom is -0.321 e. The van der Waals surface area contributed by atoms with Crippen molar-refractivity contribution >= 4 is 29.6 Å². The number of amides is 4. The van der Waals surface area contributed by atoms with Crippen molar-refractivity contribution in [3.8, 4) is 5.69 Å². The number of hydrogen-bond acceptors (Lipinski definition) is 3. The highest BCUT2D eigenvalue weighted by Crippen LogP contribution is 2.25. The van der Waals surface area contributed by atoms with Crippen LogP contribution in [0.5, 0.6) is 0 Å². The highest BCUT2D eigenvalue weighted by molar-refractivity contribution is 6.39. The molecule has 3 aromatic rings. The second-order valence-electron chi connectivity index (χ2n) is 6.53. The summed E-state index contributed by atoms with van der Waals surface area (Å²) >= 11 is 0. The van der Waals surface area contributed by atoms with E-state index in [-0.39, 0.29) is 11.3 Å². The third kappa shape index (κ3) is 3.34. The van der Waals surface area contributed by atoms with E-state index >= 15 is 0 Å². The molecule has 1 N–H and O–H groups in total. The van der Waals surface area contributed by atoms with Crippen LogP contribution < -0.4 is 10.2 Å². The molecule has 2 heterocycles. The maximum atomic E-state index is 14.1. The molecule has 0 bridgehead atoms. The average Bonchev–Trinajstić information content (AvgIpc) is 3.07. The molecular formula is C22H16FN3O3. The molecule has 0 unspecified atom stereocenters. The molecule has 0 radical (unpaired) electrons. The zero-order valence-corrected chi connectivity index (χ0v) is 15.4. The lowest BCUT2D eigenvalue weighted by atomic mass is 10.1. The minimum atomic E-state index is -0.986. The van der Waals surface area contributed by atoms with Crippen molar-refractivity contribution in [3.63, 3.8) is 0 Å².